The molecule has 3 saturated carbocycles. The van der Waals surface area contributed by atoms with Gasteiger partial charge in [-0.15, -0.1) is 0 Å². The molecule has 0 radical (unpaired) electrons. The van der Waals surface area contributed by atoms with E-state index in [1.165, 1.54) is 70.6 Å². The molecule has 0 N–H and O–H groups in total. The molecule has 0 heterocycles. The normalized spacial score (nSPS) is 31.3. The van der Waals surface area contributed by atoms with Crippen LogP contribution < -0.4 is 0 Å². The molecular weight excluding hydrogens is 344 g/mol. The highest BCUT2D eigenvalue weighted by Crippen LogP contribution is 2.47. The summed E-state index contributed by atoms with van der Waals surface area (Å²) in [5.74, 6) is 0. The third-order valence-corrected chi connectivity index (χ3v) is 6.82. The Kier molecular flexibility index (Phi) is 7.66. The highest BCUT2D eigenvalue weighted by atomic mass is 14.9. The van der Waals surface area contributed by atoms with Gasteiger partial charge in [0.2, 0.25) is 0 Å². The Bertz CT molecular complexity index is 613. The predicted octanol–water partition coefficient (Wildman–Crippen LogP) is 6.58. The Morgan fingerprint density at radius 2 is 1.21 bits per heavy atom. The molecule has 0 saturated heterocycles. The second-order valence-corrected chi connectivity index (χ2v) is 10.7. The lowest BCUT2D eigenvalue weighted by Crippen LogP contribution is -2.39. The van der Waals surface area contributed by atoms with Gasteiger partial charge in [-0.05, 0) is 55.8 Å². The number of nitrogens with zero attached hydrogens (tertiary/aromatic N) is 4. The SMILES string of the molecule is CC1(C)CC(N=C=NC2CCCCC2)CC(C)(CN=C=NC2CCCCC2)C1. The zero-order valence-corrected chi connectivity index (χ0v) is 18.4. The van der Waals surface area contributed by atoms with Crippen LogP contribution in [0.2, 0.25) is 0 Å². The third kappa shape index (κ3) is 6.98. The summed E-state index contributed by atoms with van der Waals surface area (Å²) in [7, 11) is 0. The van der Waals surface area contributed by atoms with Gasteiger partial charge < -0.3 is 0 Å². The minimum absolute atomic E-state index is 0.164. The van der Waals surface area contributed by atoms with Crippen LogP contribution in [0.1, 0.15) is 104 Å². The van der Waals surface area contributed by atoms with Gasteiger partial charge in [0.1, 0.15) is 0 Å². The van der Waals surface area contributed by atoms with Gasteiger partial charge in [0, 0.05) is 0 Å². The van der Waals surface area contributed by atoms with Crippen LogP contribution in [0.5, 0.6) is 0 Å². The van der Waals surface area contributed by atoms with Crippen molar-refractivity contribution in [2.45, 2.75) is 122 Å². The van der Waals surface area contributed by atoms with Crippen molar-refractivity contribution in [3.05, 3.63) is 0 Å². The van der Waals surface area contributed by atoms with Crippen molar-refractivity contribution in [1.29, 1.82) is 0 Å². The molecule has 28 heavy (non-hydrogen) atoms. The summed E-state index contributed by atoms with van der Waals surface area (Å²) in [4.78, 5) is 18.6. The maximum Gasteiger partial charge on any atom is 0.0898 e. The van der Waals surface area contributed by atoms with Crippen molar-refractivity contribution in [2.24, 2.45) is 30.8 Å². The van der Waals surface area contributed by atoms with E-state index in [1.807, 2.05) is 0 Å². The zero-order valence-electron chi connectivity index (χ0n) is 18.4. The minimum Gasteiger partial charge on any atom is -0.225 e. The van der Waals surface area contributed by atoms with Gasteiger partial charge in [-0.3, -0.25) is 0 Å². The molecule has 0 spiro atoms. The molecule has 156 valence electrons. The van der Waals surface area contributed by atoms with E-state index in [9.17, 15) is 0 Å². The fourth-order valence-corrected chi connectivity index (χ4v) is 5.76. The lowest BCUT2D eigenvalue weighted by molar-refractivity contribution is 0.0918. The van der Waals surface area contributed by atoms with Gasteiger partial charge in [-0.2, -0.15) is 0 Å². The molecule has 0 aromatic rings. The van der Waals surface area contributed by atoms with Gasteiger partial charge >= 0.3 is 0 Å². The van der Waals surface area contributed by atoms with Crippen LogP contribution in [0.4, 0.5) is 0 Å². The summed E-state index contributed by atoms with van der Waals surface area (Å²) >= 11 is 0. The van der Waals surface area contributed by atoms with Gasteiger partial charge in [-0.1, -0.05) is 59.3 Å². The first kappa shape index (κ1) is 21.5. The molecule has 0 aliphatic heterocycles. The predicted molar refractivity (Wildman–Crippen MR) is 118 cm³/mol. The van der Waals surface area contributed by atoms with Crippen LogP contribution >= 0.6 is 0 Å². The van der Waals surface area contributed by atoms with E-state index in [-0.39, 0.29) is 10.8 Å². The smallest absolute Gasteiger partial charge is 0.0898 e. The molecule has 2 atom stereocenters. The summed E-state index contributed by atoms with van der Waals surface area (Å²) in [6, 6.07) is 7.37. The van der Waals surface area contributed by atoms with Gasteiger partial charge in [-0.25, -0.2) is 20.0 Å². The van der Waals surface area contributed by atoms with Crippen molar-refractivity contribution >= 4 is 12.0 Å². The van der Waals surface area contributed by atoms with Crippen LogP contribution in [0.15, 0.2) is 20.0 Å². The Morgan fingerprint density at radius 1 is 0.679 bits per heavy atom. The van der Waals surface area contributed by atoms with Gasteiger partial charge in [0.15, 0.2) is 0 Å². The molecule has 4 heteroatoms. The van der Waals surface area contributed by atoms with E-state index in [0.29, 0.717) is 18.1 Å². The Labute approximate surface area is 172 Å². The fraction of sp³-hybridized carbons (Fsp3) is 0.917. The molecule has 3 aliphatic rings. The van der Waals surface area contributed by atoms with E-state index < -0.39 is 0 Å². The first-order valence-corrected chi connectivity index (χ1v) is 11.7. The van der Waals surface area contributed by atoms with E-state index in [4.69, 9.17) is 4.99 Å². The molecule has 2 unspecified atom stereocenters. The molecule has 3 rings (SSSR count). The Balaban J connectivity index is 1.58. The van der Waals surface area contributed by atoms with Crippen LogP contribution in [-0.4, -0.2) is 36.7 Å². The highest BCUT2D eigenvalue weighted by molar-refractivity contribution is 5.42. The number of hydrogen-bond acceptors (Lipinski definition) is 4. The third-order valence-electron chi connectivity index (χ3n) is 6.82. The maximum atomic E-state index is 4.77. The van der Waals surface area contributed by atoms with Crippen molar-refractivity contribution in [3.63, 3.8) is 0 Å². The highest BCUT2D eigenvalue weighted by Gasteiger charge is 2.41. The first-order valence-electron chi connectivity index (χ1n) is 11.7. The van der Waals surface area contributed by atoms with E-state index in [1.54, 1.807) is 0 Å². The molecule has 0 aromatic carbocycles. The minimum atomic E-state index is 0.164. The topological polar surface area (TPSA) is 49.4 Å². The molecule has 3 aliphatic carbocycles. The molecule has 0 bridgehead atoms. The fourth-order valence-electron chi connectivity index (χ4n) is 5.76. The zero-order chi connectivity index (χ0) is 19.9. The summed E-state index contributed by atoms with van der Waals surface area (Å²) in [5, 5.41) is 0. The molecule has 4 nitrogen and oxygen atoms in total. The lowest BCUT2D eigenvalue weighted by atomic mass is 9.63. The molecular formula is C24H40N4. The second-order valence-electron chi connectivity index (χ2n) is 10.7. The monoisotopic (exact) mass is 384 g/mol. The summed E-state index contributed by atoms with van der Waals surface area (Å²) < 4.78 is 0. The summed E-state index contributed by atoms with van der Waals surface area (Å²) in [6.45, 7) is 7.90. The first-order chi connectivity index (χ1) is 13.4. The summed E-state index contributed by atoms with van der Waals surface area (Å²) in [6.07, 6.45) is 16.2. The van der Waals surface area contributed by atoms with Crippen molar-refractivity contribution < 1.29 is 0 Å². The van der Waals surface area contributed by atoms with Crippen molar-refractivity contribution in [2.75, 3.05) is 6.54 Å². The standard InChI is InChI=1S/C24H40N4/c1-23(2)14-22(28-19-27-21-12-8-5-9-13-21)15-24(3,16-23)17-25-18-26-20-10-6-4-7-11-20/h20-22H,4-17H2,1-3H3. The van der Waals surface area contributed by atoms with Crippen LogP contribution in [0, 0.1) is 10.8 Å². The van der Waals surface area contributed by atoms with Crippen LogP contribution in [0.3, 0.4) is 0 Å². The number of rotatable bonds is 5. The van der Waals surface area contributed by atoms with Crippen molar-refractivity contribution in [3.8, 4) is 0 Å². The van der Waals surface area contributed by atoms with E-state index >= 15 is 0 Å². The molecule has 0 amide bonds. The van der Waals surface area contributed by atoms with E-state index in [2.05, 4.69) is 47.8 Å². The average Bonchev–Trinajstić information content (AvgIpc) is 2.65. The summed E-state index contributed by atoms with van der Waals surface area (Å²) in [5.41, 5.74) is 0.446. The van der Waals surface area contributed by atoms with E-state index in [0.717, 1.165) is 19.4 Å². The largest absolute Gasteiger partial charge is 0.225 e. The molecule has 0 aromatic heterocycles. The van der Waals surface area contributed by atoms with Crippen LogP contribution in [0.25, 0.3) is 0 Å². The Hall–Kier alpha value is -1.24. The van der Waals surface area contributed by atoms with Crippen molar-refractivity contribution in [1.82, 2.24) is 0 Å². The second kappa shape index (κ2) is 9.99. The lowest BCUT2D eigenvalue weighted by Gasteiger charge is -2.44. The van der Waals surface area contributed by atoms with Crippen LogP contribution in [-0.2, 0) is 0 Å². The quantitative estimate of drug-likeness (QED) is 0.480. The Morgan fingerprint density at radius 3 is 1.82 bits per heavy atom. The van der Waals surface area contributed by atoms with Gasteiger partial charge in [0.25, 0.3) is 0 Å². The molecule has 3 fully saturated rings. The number of aliphatic imine (C=N–C) groups is 4. The number of hydrogen-bond donors (Lipinski definition) is 0. The van der Waals surface area contributed by atoms with Gasteiger partial charge in [0.05, 0.1) is 36.7 Å². The maximum absolute atomic E-state index is 4.77. The average molecular weight is 385 g/mol.